The number of halogens is 2. The lowest BCUT2D eigenvalue weighted by atomic mass is 9.65. The van der Waals surface area contributed by atoms with Crippen molar-refractivity contribution in [2.75, 3.05) is 6.54 Å². The molecule has 1 N–H and O–H groups in total. The average molecular weight is 312 g/mol. The van der Waals surface area contributed by atoms with Crippen molar-refractivity contribution in [3.8, 4) is 0 Å². The van der Waals surface area contributed by atoms with Crippen LogP contribution in [0.2, 0.25) is 0 Å². The fourth-order valence-electron chi connectivity index (χ4n) is 2.89. The van der Waals surface area contributed by atoms with E-state index in [1.54, 1.807) is 6.07 Å². The van der Waals surface area contributed by atoms with Crippen LogP contribution in [0.25, 0.3) is 0 Å². The highest BCUT2D eigenvalue weighted by Gasteiger charge is 2.38. The Morgan fingerprint density at radius 1 is 1.28 bits per heavy atom. The molecule has 0 radical (unpaired) electrons. The minimum absolute atomic E-state index is 0.135. The predicted octanol–water partition coefficient (Wildman–Crippen LogP) is 4.05. The van der Waals surface area contributed by atoms with Crippen LogP contribution in [0.5, 0.6) is 0 Å². The van der Waals surface area contributed by atoms with Gasteiger partial charge in [-0.2, -0.15) is 0 Å². The van der Waals surface area contributed by atoms with Gasteiger partial charge >= 0.3 is 0 Å². The topological polar surface area (TPSA) is 12.0 Å². The van der Waals surface area contributed by atoms with Crippen LogP contribution in [0.4, 0.5) is 4.39 Å². The third kappa shape index (κ3) is 2.94. The zero-order valence-corrected chi connectivity index (χ0v) is 12.1. The lowest BCUT2D eigenvalue weighted by Crippen LogP contribution is -2.42. The van der Waals surface area contributed by atoms with Crippen molar-refractivity contribution in [3.63, 3.8) is 0 Å². The lowest BCUT2D eigenvalue weighted by molar-refractivity contribution is 0.129. The Balaban J connectivity index is 1.67. The fraction of sp³-hybridized carbons (Fsp3) is 0.600. The summed E-state index contributed by atoms with van der Waals surface area (Å²) in [6, 6.07) is 6.03. The number of benzene rings is 1. The normalized spacial score (nSPS) is 21.7. The number of hydrogen-bond acceptors (Lipinski definition) is 1. The lowest BCUT2D eigenvalue weighted by Gasteiger charge is -2.42. The van der Waals surface area contributed by atoms with E-state index >= 15 is 0 Å². The molecule has 0 aromatic heterocycles. The molecule has 0 bridgehead atoms. The summed E-state index contributed by atoms with van der Waals surface area (Å²) in [4.78, 5) is 0. The van der Waals surface area contributed by atoms with E-state index < -0.39 is 0 Å². The minimum Gasteiger partial charge on any atom is -0.313 e. The van der Waals surface area contributed by atoms with Gasteiger partial charge in [0.05, 0.1) is 0 Å². The molecule has 0 amide bonds. The first-order chi connectivity index (χ1) is 8.65. The van der Waals surface area contributed by atoms with Gasteiger partial charge in [-0.3, -0.25) is 0 Å². The molecule has 0 aliphatic heterocycles. The van der Waals surface area contributed by atoms with Crippen molar-refractivity contribution in [2.45, 2.75) is 44.6 Å². The van der Waals surface area contributed by atoms with Gasteiger partial charge in [0.25, 0.3) is 0 Å². The highest BCUT2D eigenvalue weighted by atomic mass is 79.9. The molecule has 0 spiro atoms. The zero-order valence-electron chi connectivity index (χ0n) is 10.5. The van der Waals surface area contributed by atoms with Crippen LogP contribution in [0.15, 0.2) is 22.7 Å². The first-order valence-electron chi connectivity index (χ1n) is 6.84. The summed E-state index contributed by atoms with van der Waals surface area (Å²) < 4.78 is 14.3. The van der Waals surface area contributed by atoms with E-state index in [9.17, 15) is 4.39 Å². The van der Waals surface area contributed by atoms with Crippen molar-refractivity contribution >= 4 is 15.9 Å². The van der Waals surface area contributed by atoms with Gasteiger partial charge in [0.2, 0.25) is 0 Å². The monoisotopic (exact) mass is 311 g/mol. The van der Waals surface area contributed by atoms with Gasteiger partial charge in [-0.25, -0.2) is 4.39 Å². The quantitative estimate of drug-likeness (QED) is 0.865. The van der Waals surface area contributed by atoms with Crippen LogP contribution in [0.3, 0.4) is 0 Å². The molecule has 0 heterocycles. The molecule has 1 nitrogen and oxygen atoms in total. The van der Waals surface area contributed by atoms with Gasteiger partial charge in [0.1, 0.15) is 5.82 Å². The summed E-state index contributed by atoms with van der Waals surface area (Å²) in [5.74, 6) is -0.135. The Kier molecular flexibility index (Phi) is 3.46. The second kappa shape index (κ2) is 4.93. The molecule has 3 rings (SSSR count). The number of nitrogens with one attached hydrogen (secondary N) is 1. The Hall–Kier alpha value is -0.410. The third-order valence-electron chi connectivity index (χ3n) is 4.26. The Morgan fingerprint density at radius 3 is 2.61 bits per heavy atom. The maximum atomic E-state index is 13.4. The summed E-state index contributed by atoms with van der Waals surface area (Å²) in [6.45, 7) is 1.10. The van der Waals surface area contributed by atoms with Gasteiger partial charge in [0.15, 0.2) is 0 Å². The zero-order chi connectivity index (χ0) is 12.6. The number of rotatable bonds is 5. The Bertz CT molecular complexity index is 418. The van der Waals surface area contributed by atoms with E-state index in [1.165, 1.54) is 38.2 Å². The summed E-state index contributed by atoms with van der Waals surface area (Å²) in [5, 5.41) is 3.64. The van der Waals surface area contributed by atoms with Crippen molar-refractivity contribution in [3.05, 3.63) is 34.1 Å². The molecule has 1 aromatic carbocycles. The molecule has 1 aromatic rings. The third-order valence-corrected chi connectivity index (χ3v) is 4.72. The highest BCUT2D eigenvalue weighted by Crippen LogP contribution is 2.44. The Labute approximate surface area is 116 Å². The van der Waals surface area contributed by atoms with Crippen molar-refractivity contribution in [1.29, 1.82) is 0 Å². The van der Waals surface area contributed by atoms with E-state index in [1.807, 2.05) is 0 Å². The largest absolute Gasteiger partial charge is 0.313 e. The van der Waals surface area contributed by atoms with E-state index in [0.29, 0.717) is 5.41 Å². The molecule has 0 saturated heterocycles. The summed E-state index contributed by atoms with van der Waals surface area (Å²) in [6.07, 6.45) is 7.55. The second-order valence-electron chi connectivity index (χ2n) is 5.96. The molecule has 2 fully saturated rings. The van der Waals surface area contributed by atoms with Gasteiger partial charge < -0.3 is 5.32 Å². The molecule has 0 unspecified atom stereocenters. The molecule has 0 atom stereocenters. The van der Waals surface area contributed by atoms with Gasteiger partial charge in [-0.1, -0.05) is 22.4 Å². The van der Waals surface area contributed by atoms with Crippen LogP contribution >= 0.6 is 15.9 Å². The van der Waals surface area contributed by atoms with Crippen LogP contribution in [0.1, 0.15) is 37.7 Å². The molecule has 2 aliphatic carbocycles. The molecular formula is C15H19BrFN. The molecule has 18 heavy (non-hydrogen) atoms. The predicted molar refractivity (Wildman–Crippen MR) is 75.1 cm³/mol. The summed E-state index contributed by atoms with van der Waals surface area (Å²) >= 11 is 3.38. The number of hydrogen-bond donors (Lipinski definition) is 1. The van der Waals surface area contributed by atoms with Crippen molar-refractivity contribution in [2.24, 2.45) is 5.41 Å². The first-order valence-corrected chi connectivity index (χ1v) is 7.63. The van der Waals surface area contributed by atoms with E-state index in [0.717, 1.165) is 29.0 Å². The summed E-state index contributed by atoms with van der Waals surface area (Å²) in [5.41, 5.74) is 1.51. The average Bonchev–Trinajstić information content (AvgIpc) is 3.04. The summed E-state index contributed by atoms with van der Waals surface area (Å²) in [7, 11) is 0. The molecule has 3 heteroatoms. The molecular weight excluding hydrogens is 293 g/mol. The standard InChI is InChI=1S/C15H19BrFN/c16-12-6-11(7-13(17)8-12)9-15(4-1-5-15)10-18-14-2-3-14/h6-8,14,18H,1-5,9-10H2. The van der Waals surface area contributed by atoms with Gasteiger partial charge in [0, 0.05) is 17.1 Å². The maximum absolute atomic E-state index is 13.4. The molecule has 98 valence electrons. The van der Waals surface area contributed by atoms with Crippen LogP contribution < -0.4 is 5.32 Å². The second-order valence-corrected chi connectivity index (χ2v) is 6.88. The fourth-order valence-corrected chi connectivity index (χ4v) is 3.40. The molecule has 2 saturated carbocycles. The van der Waals surface area contributed by atoms with Gasteiger partial charge in [-0.05, 0) is 61.3 Å². The van der Waals surface area contributed by atoms with Crippen molar-refractivity contribution in [1.82, 2.24) is 5.32 Å². The van der Waals surface area contributed by atoms with E-state index in [4.69, 9.17) is 0 Å². The van der Waals surface area contributed by atoms with Crippen LogP contribution in [-0.4, -0.2) is 12.6 Å². The SMILES string of the molecule is Fc1cc(Br)cc(CC2(CNC3CC3)CCC2)c1. The highest BCUT2D eigenvalue weighted by molar-refractivity contribution is 9.10. The first kappa shape index (κ1) is 12.6. The van der Waals surface area contributed by atoms with Crippen LogP contribution in [-0.2, 0) is 6.42 Å². The van der Waals surface area contributed by atoms with Gasteiger partial charge in [-0.15, -0.1) is 0 Å². The van der Waals surface area contributed by atoms with E-state index in [2.05, 4.69) is 27.3 Å². The molecule has 2 aliphatic rings. The van der Waals surface area contributed by atoms with Crippen LogP contribution in [0, 0.1) is 11.2 Å². The minimum atomic E-state index is -0.135. The Morgan fingerprint density at radius 2 is 2.06 bits per heavy atom. The maximum Gasteiger partial charge on any atom is 0.124 e. The van der Waals surface area contributed by atoms with Crippen molar-refractivity contribution < 1.29 is 4.39 Å². The smallest absolute Gasteiger partial charge is 0.124 e. The van der Waals surface area contributed by atoms with E-state index in [-0.39, 0.29) is 5.82 Å².